The van der Waals surface area contributed by atoms with Crippen molar-refractivity contribution in [3.05, 3.63) is 57.3 Å². The zero-order valence-corrected chi connectivity index (χ0v) is 13.4. The summed E-state index contributed by atoms with van der Waals surface area (Å²) in [7, 11) is 1.90. The van der Waals surface area contributed by atoms with Crippen LogP contribution in [0.5, 0.6) is 11.5 Å². The molecule has 0 saturated heterocycles. The lowest BCUT2D eigenvalue weighted by molar-refractivity contribution is 0.476. The van der Waals surface area contributed by atoms with Crippen molar-refractivity contribution in [2.75, 3.05) is 7.05 Å². The molecule has 2 nitrogen and oxygen atoms in total. The largest absolute Gasteiger partial charge is 0.457 e. The van der Waals surface area contributed by atoms with Crippen LogP contribution in [0.3, 0.4) is 0 Å². The van der Waals surface area contributed by atoms with Crippen LogP contribution < -0.4 is 10.1 Å². The van der Waals surface area contributed by atoms with E-state index in [9.17, 15) is 4.39 Å². The average Bonchev–Trinajstić information content (AvgIpc) is 2.42. The molecule has 106 valence electrons. The fourth-order valence-electron chi connectivity index (χ4n) is 1.75. The van der Waals surface area contributed by atoms with Crippen molar-refractivity contribution in [2.24, 2.45) is 0 Å². The van der Waals surface area contributed by atoms with Gasteiger partial charge in [-0.3, -0.25) is 0 Å². The second-order valence-corrected chi connectivity index (χ2v) is 5.63. The number of rotatable bonds is 4. The Labute approximate surface area is 131 Å². The van der Waals surface area contributed by atoms with E-state index in [0.29, 0.717) is 11.5 Å². The van der Waals surface area contributed by atoms with Gasteiger partial charge in [0.25, 0.3) is 0 Å². The van der Waals surface area contributed by atoms with Crippen molar-refractivity contribution < 1.29 is 9.13 Å². The Morgan fingerprint density at radius 2 is 1.85 bits per heavy atom. The highest BCUT2D eigenvalue weighted by Gasteiger charge is 2.09. The van der Waals surface area contributed by atoms with Gasteiger partial charge in [-0.15, -0.1) is 0 Å². The molecule has 0 fully saturated rings. The van der Waals surface area contributed by atoms with E-state index >= 15 is 0 Å². The Kier molecular flexibility index (Phi) is 5.02. The van der Waals surface area contributed by atoms with E-state index in [1.165, 1.54) is 12.1 Å². The highest BCUT2D eigenvalue weighted by atomic mass is 79.9. The molecule has 0 heterocycles. The smallest absolute Gasteiger partial charge is 0.145 e. The van der Waals surface area contributed by atoms with Gasteiger partial charge in [-0.25, -0.2) is 4.39 Å². The van der Waals surface area contributed by atoms with Gasteiger partial charge < -0.3 is 10.1 Å². The van der Waals surface area contributed by atoms with Gasteiger partial charge >= 0.3 is 0 Å². The first-order valence-electron chi connectivity index (χ1n) is 6.11. The summed E-state index contributed by atoms with van der Waals surface area (Å²) in [5, 5.41) is 3.25. The third-order valence-corrected chi connectivity index (χ3v) is 3.99. The van der Waals surface area contributed by atoms with Crippen LogP contribution in [0.15, 0.2) is 40.9 Å². The van der Waals surface area contributed by atoms with Gasteiger partial charge in [0, 0.05) is 16.6 Å². The molecule has 0 aliphatic carbocycles. The van der Waals surface area contributed by atoms with Crippen LogP contribution in [-0.2, 0) is 0 Å². The van der Waals surface area contributed by atoms with E-state index in [4.69, 9.17) is 16.3 Å². The predicted octanol–water partition coefficient (Wildman–Crippen LogP) is 5.31. The molecule has 2 rings (SSSR count). The van der Waals surface area contributed by atoms with Crippen LogP contribution >= 0.6 is 27.5 Å². The minimum atomic E-state index is -0.497. The molecule has 1 atom stereocenters. The second kappa shape index (κ2) is 6.57. The van der Waals surface area contributed by atoms with E-state index < -0.39 is 5.82 Å². The van der Waals surface area contributed by atoms with Crippen LogP contribution in [0.25, 0.3) is 0 Å². The maximum atomic E-state index is 13.3. The van der Waals surface area contributed by atoms with Crippen molar-refractivity contribution >= 4 is 27.5 Å². The molecule has 2 aromatic rings. The number of benzene rings is 2. The van der Waals surface area contributed by atoms with E-state index in [0.717, 1.165) is 10.0 Å². The fraction of sp³-hybridized carbons (Fsp3) is 0.200. The molecule has 0 saturated carbocycles. The molecule has 5 heteroatoms. The Balaban J connectivity index is 2.22. The summed E-state index contributed by atoms with van der Waals surface area (Å²) in [5.74, 6) is 0.544. The van der Waals surface area contributed by atoms with Crippen molar-refractivity contribution in [3.8, 4) is 11.5 Å². The van der Waals surface area contributed by atoms with Crippen molar-refractivity contribution in [3.63, 3.8) is 0 Å². The molecular weight excluding hydrogens is 345 g/mol. The lowest BCUT2D eigenvalue weighted by atomic mass is 10.1. The molecule has 0 amide bonds. The van der Waals surface area contributed by atoms with E-state index in [-0.39, 0.29) is 11.1 Å². The van der Waals surface area contributed by atoms with Gasteiger partial charge in [0.2, 0.25) is 0 Å². The van der Waals surface area contributed by atoms with E-state index in [2.05, 4.69) is 28.2 Å². The monoisotopic (exact) mass is 357 g/mol. The standard InChI is InChI=1S/C15H14BrClFNO/c1-9(19-2)12-5-3-10(7-13(12)16)20-11-4-6-14(17)15(18)8-11/h3-9,19H,1-2H3. The van der Waals surface area contributed by atoms with Crippen molar-refractivity contribution in [2.45, 2.75) is 13.0 Å². The Morgan fingerprint density at radius 1 is 1.20 bits per heavy atom. The number of halogens is 3. The Bertz CT molecular complexity index is 621. The van der Waals surface area contributed by atoms with Crippen LogP contribution in [0.4, 0.5) is 4.39 Å². The fourth-order valence-corrected chi connectivity index (χ4v) is 2.57. The number of hydrogen-bond donors (Lipinski definition) is 1. The van der Waals surface area contributed by atoms with Crippen molar-refractivity contribution in [1.82, 2.24) is 5.32 Å². The van der Waals surface area contributed by atoms with Crippen LogP contribution in [0.2, 0.25) is 5.02 Å². The van der Waals surface area contributed by atoms with Crippen molar-refractivity contribution in [1.29, 1.82) is 0 Å². The third-order valence-electron chi connectivity index (χ3n) is 3.00. The third kappa shape index (κ3) is 3.51. The maximum Gasteiger partial charge on any atom is 0.145 e. The molecule has 0 radical (unpaired) electrons. The molecule has 0 aliphatic heterocycles. The number of ether oxygens (including phenoxy) is 1. The lowest BCUT2D eigenvalue weighted by Crippen LogP contribution is -2.12. The normalized spacial score (nSPS) is 12.2. The first kappa shape index (κ1) is 15.3. The predicted molar refractivity (Wildman–Crippen MR) is 83.1 cm³/mol. The van der Waals surface area contributed by atoms with Gasteiger partial charge in [0.1, 0.15) is 17.3 Å². The average molecular weight is 359 g/mol. The van der Waals surface area contributed by atoms with Crippen LogP contribution in [0.1, 0.15) is 18.5 Å². The zero-order valence-electron chi connectivity index (χ0n) is 11.1. The highest BCUT2D eigenvalue weighted by molar-refractivity contribution is 9.10. The molecule has 0 aliphatic rings. The molecule has 0 bridgehead atoms. The molecular formula is C15H14BrClFNO. The summed E-state index contributed by atoms with van der Waals surface area (Å²) in [6.07, 6.45) is 0. The van der Waals surface area contributed by atoms with E-state index in [1.807, 2.05) is 25.2 Å². The minimum absolute atomic E-state index is 0.0803. The zero-order chi connectivity index (χ0) is 14.7. The minimum Gasteiger partial charge on any atom is -0.457 e. The quantitative estimate of drug-likeness (QED) is 0.799. The molecule has 0 spiro atoms. The SMILES string of the molecule is CNC(C)c1ccc(Oc2ccc(Cl)c(F)c2)cc1Br. The summed E-state index contributed by atoms with van der Waals surface area (Å²) in [5.41, 5.74) is 1.13. The maximum absolute atomic E-state index is 13.3. The molecule has 1 N–H and O–H groups in total. The summed E-state index contributed by atoms with van der Waals surface area (Å²) in [4.78, 5) is 0. The molecule has 0 aromatic heterocycles. The Hall–Kier alpha value is -1.10. The highest BCUT2D eigenvalue weighted by Crippen LogP contribution is 2.31. The van der Waals surface area contributed by atoms with Gasteiger partial charge in [-0.2, -0.15) is 0 Å². The van der Waals surface area contributed by atoms with Gasteiger partial charge in [-0.05, 0) is 43.8 Å². The summed E-state index contributed by atoms with van der Waals surface area (Å²) in [6.45, 7) is 2.06. The lowest BCUT2D eigenvalue weighted by Gasteiger charge is -2.14. The topological polar surface area (TPSA) is 21.3 Å². The number of nitrogens with one attached hydrogen (secondary N) is 1. The van der Waals surface area contributed by atoms with Crippen LogP contribution in [0, 0.1) is 5.82 Å². The summed E-state index contributed by atoms with van der Waals surface area (Å²) in [6, 6.07) is 10.3. The van der Waals surface area contributed by atoms with Gasteiger partial charge in [0.05, 0.1) is 5.02 Å². The van der Waals surface area contributed by atoms with Gasteiger partial charge in [-0.1, -0.05) is 33.6 Å². The van der Waals surface area contributed by atoms with Crippen LogP contribution in [-0.4, -0.2) is 7.05 Å². The first-order chi connectivity index (χ1) is 9.51. The summed E-state index contributed by atoms with van der Waals surface area (Å²) < 4.78 is 19.9. The molecule has 20 heavy (non-hydrogen) atoms. The summed E-state index contributed by atoms with van der Waals surface area (Å²) >= 11 is 9.15. The van der Waals surface area contributed by atoms with Gasteiger partial charge in [0.15, 0.2) is 0 Å². The molecule has 2 aromatic carbocycles. The first-order valence-corrected chi connectivity index (χ1v) is 7.28. The van der Waals surface area contributed by atoms with E-state index in [1.54, 1.807) is 6.07 Å². The number of hydrogen-bond acceptors (Lipinski definition) is 2. The Morgan fingerprint density at radius 3 is 2.45 bits per heavy atom. The second-order valence-electron chi connectivity index (χ2n) is 4.37. The molecule has 1 unspecified atom stereocenters.